The first-order valence-corrected chi connectivity index (χ1v) is 7.31. The average Bonchev–Trinajstić information content (AvgIpc) is 2.85. The van der Waals surface area contributed by atoms with E-state index in [1.807, 2.05) is 18.8 Å². The molecule has 0 saturated heterocycles. The van der Waals surface area contributed by atoms with E-state index in [0.717, 1.165) is 18.8 Å². The minimum absolute atomic E-state index is 0.143. The van der Waals surface area contributed by atoms with Crippen LogP contribution in [-0.2, 0) is 25.3 Å². The second kappa shape index (κ2) is 5.37. The number of likely N-dealkylation sites (N-methyl/N-ethyl adjacent to an activating group) is 1. The van der Waals surface area contributed by atoms with Gasteiger partial charge in [0.05, 0.1) is 0 Å². The van der Waals surface area contributed by atoms with E-state index in [0.29, 0.717) is 0 Å². The van der Waals surface area contributed by atoms with Crippen LogP contribution in [0.4, 0.5) is 0 Å². The van der Waals surface area contributed by atoms with E-state index in [1.165, 1.54) is 30.4 Å². The minimum atomic E-state index is 0.143. The molecule has 1 atom stereocenters. The van der Waals surface area contributed by atoms with E-state index in [9.17, 15) is 0 Å². The van der Waals surface area contributed by atoms with Gasteiger partial charge in [-0.1, -0.05) is 24.3 Å². The van der Waals surface area contributed by atoms with Crippen LogP contribution >= 0.6 is 0 Å². The first-order chi connectivity index (χ1) is 9.75. The number of nitrogens with one attached hydrogen (secondary N) is 1. The summed E-state index contributed by atoms with van der Waals surface area (Å²) in [4.78, 5) is 4.43. The van der Waals surface area contributed by atoms with Crippen LogP contribution in [0.1, 0.15) is 29.8 Å². The molecule has 1 aromatic carbocycles. The molecule has 0 spiro atoms. The number of hydrogen-bond acceptors (Lipinski definition) is 3. The lowest BCUT2D eigenvalue weighted by Gasteiger charge is -2.39. The van der Waals surface area contributed by atoms with Crippen molar-refractivity contribution < 1.29 is 0 Å². The van der Waals surface area contributed by atoms with Crippen LogP contribution in [0, 0.1) is 0 Å². The Hall–Kier alpha value is -1.68. The molecular formula is C16H22N4. The smallest absolute Gasteiger partial charge is 0.138 e. The fraction of sp³-hybridized carbons (Fsp3) is 0.500. The lowest BCUT2D eigenvalue weighted by Crippen LogP contribution is -2.42. The lowest BCUT2D eigenvalue weighted by atomic mass is 9.67. The third kappa shape index (κ3) is 2.24. The number of hydrogen-bond donors (Lipinski definition) is 1. The van der Waals surface area contributed by atoms with Crippen LogP contribution in [0.25, 0.3) is 0 Å². The van der Waals surface area contributed by atoms with Gasteiger partial charge in [-0.05, 0) is 37.4 Å². The van der Waals surface area contributed by atoms with Gasteiger partial charge in [-0.25, -0.2) is 4.98 Å². The SMILES string of the molecule is CNCC1(Cc2ncnn2C)CCCc2ccccc21. The second-order valence-corrected chi connectivity index (χ2v) is 5.80. The third-order valence-electron chi connectivity index (χ3n) is 4.51. The molecule has 1 aliphatic carbocycles. The Labute approximate surface area is 120 Å². The molecule has 0 aliphatic heterocycles. The van der Waals surface area contributed by atoms with Crippen molar-refractivity contribution in [1.29, 1.82) is 0 Å². The van der Waals surface area contributed by atoms with Crippen molar-refractivity contribution in [2.45, 2.75) is 31.1 Å². The van der Waals surface area contributed by atoms with E-state index >= 15 is 0 Å². The first-order valence-electron chi connectivity index (χ1n) is 7.31. The molecule has 0 bridgehead atoms. The highest BCUT2D eigenvalue weighted by Gasteiger charge is 2.37. The minimum Gasteiger partial charge on any atom is -0.319 e. The Morgan fingerprint density at radius 3 is 2.95 bits per heavy atom. The van der Waals surface area contributed by atoms with E-state index in [4.69, 9.17) is 0 Å². The number of rotatable bonds is 4. The molecule has 0 saturated carbocycles. The average molecular weight is 270 g/mol. The molecule has 1 aromatic heterocycles. The molecule has 2 aromatic rings. The summed E-state index contributed by atoms with van der Waals surface area (Å²) in [6.07, 6.45) is 6.24. The summed E-state index contributed by atoms with van der Waals surface area (Å²) in [6.45, 7) is 0.983. The Morgan fingerprint density at radius 2 is 2.20 bits per heavy atom. The van der Waals surface area contributed by atoms with Crippen LogP contribution in [0.2, 0.25) is 0 Å². The molecule has 1 unspecified atom stereocenters. The van der Waals surface area contributed by atoms with E-state index < -0.39 is 0 Å². The van der Waals surface area contributed by atoms with Gasteiger partial charge in [-0.2, -0.15) is 5.10 Å². The fourth-order valence-electron chi connectivity index (χ4n) is 3.56. The molecule has 4 nitrogen and oxygen atoms in total. The van der Waals surface area contributed by atoms with Crippen molar-refractivity contribution >= 4 is 0 Å². The maximum absolute atomic E-state index is 4.43. The fourth-order valence-corrected chi connectivity index (χ4v) is 3.56. The monoisotopic (exact) mass is 270 g/mol. The molecule has 1 heterocycles. The summed E-state index contributed by atoms with van der Waals surface area (Å²) in [5.74, 6) is 1.07. The van der Waals surface area contributed by atoms with Gasteiger partial charge < -0.3 is 5.32 Å². The number of benzene rings is 1. The van der Waals surface area contributed by atoms with Crippen LogP contribution in [0.5, 0.6) is 0 Å². The van der Waals surface area contributed by atoms with Gasteiger partial charge in [0.25, 0.3) is 0 Å². The standard InChI is InChI=1S/C16H22N4/c1-17-11-16(10-15-18-12-19-20(15)2)9-5-7-13-6-3-4-8-14(13)16/h3-4,6,8,12,17H,5,7,9-11H2,1-2H3. The van der Waals surface area contributed by atoms with E-state index in [2.05, 4.69) is 39.7 Å². The van der Waals surface area contributed by atoms with Gasteiger partial charge in [-0.3, -0.25) is 4.68 Å². The molecule has 20 heavy (non-hydrogen) atoms. The number of aromatic nitrogens is 3. The Balaban J connectivity index is 2.03. The topological polar surface area (TPSA) is 42.7 Å². The lowest BCUT2D eigenvalue weighted by molar-refractivity contribution is 0.335. The molecule has 1 N–H and O–H groups in total. The number of fused-ring (bicyclic) bond motifs is 1. The van der Waals surface area contributed by atoms with E-state index in [1.54, 1.807) is 6.33 Å². The molecule has 3 rings (SSSR count). The molecule has 4 heteroatoms. The molecule has 0 fully saturated rings. The quantitative estimate of drug-likeness (QED) is 0.922. The van der Waals surface area contributed by atoms with Crippen molar-refractivity contribution in [3.63, 3.8) is 0 Å². The third-order valence-corrected chi connectivity index (χ3v) is 4.51. The van der Waals surface area contributed by atoms with Gasteiger partial charge in [0, 0.05) is 25.4 Å². The molecular weight excluding hydrogens is 248 g/mol. The zero-order valence-electron chi connectivity index (χ0n) is 12.3. The van der Waals surface area contributed by atoms with Gasteiger partial charge >= 0.3 is 0 Å². The van der Waals surface area contributed by atoms with Gasteiger partial charge in [0.2, 0.25) is 0 Å². The molecule has 0 radical (unpaired) electrons. The maximum Gasteiger partial charge on any atom is 0.138 e. The number of aryl methyl sites for hydroxylation is 2. The van der Waals surface area contributed by atoms with Crippen LogP contribution in [0.3, 0.4) is 0 Å². The van der Waals surface area contributed by atoms with Crippen molar-refractivity contribution in [3.8, 4) is 0 Å². The van der Waals surface area contributed by atoms with Crippen molar-refractivity contribution in [2.24, 2.45) is 7.05 Å². The summed E-state index contributed by atoms with van der Waals surface area (Å²) in [5, 5.41) is 7.61. The normalized spacial score (nSPS) is 21.7. The Kier molecular flexibility index (Phi) is 3.57. The second-order valence-electron chi connectivity index (χ2n) is 5.80. The van der Waals surface area contributed by atoms with Gasteiger partial charge in [0.1, 0.15) is 12.2 Å². The predicted octanol–water partition coefficient (Wildman–Crippen LogP) is 1.85. The zero-order chi connectivity index (χ0) is 14.0. The number of nitrogens with zero attached hydrogens (tertiary/aromatic N) is 3. The summed E-state index contributed by atoms with van der Waals surface area (Å²) < 4.78 is 1.90. The molecule has 106 valence electrons. The summed E-state index contributed by atoms with van der Waals surface area (Å²) in [5.41, 5.74) is 3.13. The van der Waals surface area contributed by atoms with Crippen molar-refractivity contribution in [3.05, 3.63) is 47.5 Å². The van der Waals surface area contributed by atoms with Crippen LogP contribution < -0.4 is 5.32 Å². The summed E-state index contributed by atoms with van der Waals surface area (Å²) >= 11 is 0. The van der Waals surface area contributed by atoms with Gasteiger partial charge in [0.15, 0.2) is 0 Å². The van der Waals surface area contributed by atoms with E-state index in [-0.39, 0.29) is 5.41 Å². The van der Waals surface area contributed by atoms with Crippen molar-refractivity contribution in [1.82, 2.24) is 20.1 Å². The Morgan fingerprint density at radius 1 is 1.35 bits per heavy atom. The molecule has 0 amide bonds. The van der Waals surface area contributed by atoms with Crippen LogP contribution in [0.15, 0.2) is 30.6 Å². The highest BCUT2D eigenvalue weighted by Crippen LogP contribution is 2.39. The maximum atomic E-state index is 4.43. The Bertz CT molecular complexity index is 590. The summed E-state index contributed by atoms with van der Waals surface area (Å²) in [6, 6.07) is 8.87. The van der Waals surface area contributed by atoms with Gasteiger partial charge in [-0.15, -0.1) is 0 Å². The predicted molar refractivity (Wildman–Crippen MR) is 79.7 cm³/mol. The van der Waals surface area contributed by atoms with Crippen molar-refractivity contribution in [2.75, 3.05) is 13.6 Å². The summed E-state index contributed by atoms with van der Waals surface area (Å²) in [7, 11) is 4.01. The highest BCUT2D eigenvalue weighted by atomic mass is 15.3. The van der Waals surface area contributed by atoms with Crippen LogP contribution in [-0.4, -0.2) is 28.4 Å². The first kappa shape index (κ1) is 13.3. The largest absolute Gasteiger partial charge is 0.319 e. The molecule has 1 aliphatic rings. The highest BCUT2D eigenvalue weighted by molar-refractivity contribution is 5.38. The zero-order valence-corrected chi connectivity index (χ0v) is 12.3.